The summed E-state index contributed by atoms with van der Waals surface area (Å²) in [7, 11) is -2.32. The third-order valence-corrected chi connectivity index (χ3v) is 21.4. The summed E-state index contributed by atoms with van der Waals surface area (Å²) in [6.45, 7) is 0. The number of benzene rings is 4. The van der Waals surface area contributed by atoms with Gasteiger partial charge in [-0.25, -0.2) is 0 Å². The van der Waals surface area contributed by atoms with Gasteiger partial charge in [0.15, 0.2) is 0 Å². The fraction of sp³-hybridized carbons (Fsp3) is 0.0667. The molecule has 3 aliphatic rings. The van der Waals surface area contributed by atoms with E-state index in [9.17, 15) is 0 Å². The molecule has 0 bridgehead atoms. The van der Waals surface area contributed by atoms with E-state index in [0.29, 0.717) is 7.35 Å². The van der Waals surface area contributed by atoms with Gasteiger partial charge in [-0.05, 0) is 0 Å². The van der Waals surface area contributed by atoms with Crippen molar-refractivity contribution < 1.29 is 47.7 Å². The Balaban J connectivity index is 0.00000120. The van der Waals surface area contributed by atoms with Crippen LogP contribution in [0.2, 0.25) is 0 Å². The van der Waals surface area contributed by atoms with E-state index >= 15 is 0 Å². The van der Waals surface area contributed by atoms with Gasteiger partial charge < -0.3 is 24.8 Å². The van der Waals surface area contributed by atoms with Crippen LogP contribution in [0.5, 0.6) is 0 Å². The Morgan fingerprint density at radius 3 is 1.29 bits per heavy atom. The van der Waals surface area contributed by atoms with E-state index < -0.39 is 31.0 Å². The van der Waals surface area contributed by atoms with E-state index in [1.807, 2.05) is 0 Å². The molecule has 164 valence electrons. The third kappa shape index (κ3) is 3.27. The molecule has 0 aromatic heterocycles. The molecular formula is C30H22Cl2HfSi. The quantitative estimate of drug-likeness (QED) is 0.260. The second-order valence-corrected chi connectivity index (χ2v) is 18.1. The van der Waals surface area contributed by atoms with E-state index in [4.69, 9.17) is 0 Å². The van der Waals surface area contributed by atoms with Crippen LogP contribution in [0.3, 0.4) is 0 Å². The first-order valence-electron chi connectivity index (χ1n) is 11.4. The molecular weight excluding hydrogens is 638 g/mol. The van der Waals surface area contributed by atoms with Crippen molar-refractivity contribution in [3.05, 3.63) is 142 Å². The zero-order valence-electron chi connectivity index (χ0n) is 18.5. The van der Waals surface area contributed by atoms with Crippen LogP contribution in [0.15, 0.2) is 120 Å². The molecule has 0 spiro atoms. The molecule has 2 unspecified atom stereocenters. The van der Waals surface area contributed by atoms with Gasteiger partial charge in [0.1, 0.15) is 0 Å². The molecule has 4 aromatic carbocycles. The zero-order valence-corrected chi connectivity index (χ0v) is 24.6. The van der Waals surface area contributed by atoms with Crippen LogP contribution in [0, 0.1) is 0 Å². The van der Waals surface area contributed by atoms with Gasteiger partial charge in [0, 0.05) is 0 Å². The number of fused-ring (bicyclic) bond motifs is 6. The van der Waals surface area contributed by atoms with Crippen LogP contribution >= 0.6 is 0 Å². The van der Waals surface area contributed by atoms with Crippen LogP contribution in [0.1, 0.15) is 29.6 Å². The molecule has 1 saturated heterocycles. The first-order valence-corrected chi connectivity index (χ1v) is 17.5. The monoisotopic (exact) mass is 660 g/mol. The van der Waals surface area contributed by atoms with Gasteiger partial charge in [0.2, 0.25) is 0 Å². The Morgan fingerprint density at radius 2 is 0.853 bits per heavy atom. The molecule has 2 aliphatic carbocycles. The Kier molecular flexibility index (Phi) is 6.45. The van der Waals surface area contributed by atoms with Crippen molar-refractivity contribution in [2.75, 3.05) is 0 Å². The van der Waals surface area contributed by atoms with Crippen molar-refractivity contribution in [2.24, 2.45) is 0 Å². The van der Waals surface area contributed by atoms with Crippen molar-refractivity contribution in [1.29, 1.82) is 0 Å². The van der Waals surface area contributed by atoms with Gasteiger partial charge in [0.25, 0.3) is 0 Å². The maximum atomic E-state index is 2.61. The average molecular weight is 660 g/mol. The van der Waals surface area contributed by atoms with E-state index in [1.54, 1.807) is 31.9 Å². The molecule has 34 heavy (non-hydrogen) atoms. The third-order valence-electron chi connectivity index (χ3n) is 7.47. The molecule has 1 aliphatic heterocycles. The smallest absolute Gasteiger partial charge is 1.00 e. The second kappa shape index (κ2) is 9.24. The second-order valence-electron chi connectivity index (χ2n) is 8.97. The largest absolute Gasteiger partial charge is 1.00 e. The van der Waals surface area contributed by atoms with Crippen molar-refractivity contribution in [1.82, 2.24) is 0 Å². The predicted octanol–water partition coefficient (Wildman–Crippen LogP) is -0.291. The summed E-state index contributed by atoms with van der Waals surface area (Å²) >= 11 is -1.08. The standard InChI is InChI=1S/C30H22Si.2ClH.Hf/c1-3-15-27(16-4-1)31(28-17-5-2-6-18-28,29-19-23-11-7-8-12-24(23)20-29)30-21-25-13-9-10-14-26(25)22-30;;;/h1-22H;2*1H;/q;;;+2/p-2. The number of hydrogen-bond acceptors (Lipinski definition) is 0. The minimum atomic E-state index is -2.32. The van der Waals surface area contributed by atoms with Crippen molar-refractivity contribution in [3.8, 4) is 0 Å². The van der Waals surface area contributed by atoms with Gasteiger partial charge >= 0.3 is 203 Å². The first-order chi connectivity index (χ1) is 15.9. The molecule has 0 radical (unpaired) electrons. The summed E-state index contributed by atoms with van der Waals surface area (Å²) < 4.78 is 1.37. The molecule has 2 atom stereocenters. The Hall–Kier alpha value is -1.97. The average Bonchev–Trinajstić information content (AvgIpc) is 3.42. The first kappa shape index (κ1) is 23.8. The number of halogens is 2. The van der Waals surface area contributed by atoms with Gasteiger partial charge in [0.05, 0.1) is 0 Å². The molecule has 7 rings (SSSR count). The van der Waals surface area contributed by atoms with Gasteiger partial charge in [-0.2, -0.15) is 0 Å². The van der Waals surface area contributed by atoms with Crippen LogP contribution in [0.25, 0.3) is 12.2 Å². The Labute approximate surface area is 226 Å². The minimum Gasteiger partial charge on any atom is -1.00 e. The van der Waals surface area contributed by atoms with Crippen molar-refractivity contribution >= 4 is 30.6 Å². The van der Waals surface area contributed by atoms with Crippen LogP contribution in [-0.4, -0.2) is 8.07 Å². The maximum absolute atomic E-state index is 2.61. The Bertz CT molecular complexity index is 1300. The van der Waals surface area contributed by atoms with E-state index in [0.717, 1.165) is 0 Å². The fourth-order valence-electron chi connectivity index (χ4n) is 6.20. The molecule has 1 heterocycles. The summed E-state index contributed by atoms with van der Waals surface area (Å²) in [6.07, 6.45) is 5.22. The summed E-state index contributed by atoms with van der Waals surface area (Å²) in [4.78, 5) is 0. The zero-order chi connectivity index (χ0) is 21.1. The molecule has 0 nitrogen and oxygen atoms in total. The Morgan fingerprint density at radius 1 is 0.471 bits per heavy atom. The molecule has 0 N–H and O–H groups in total. The van der Waals surface area contributed by atoms with E-state index in [-0.39, 0.29) is 24.8 Å². The van der Waals surface area contributed by atoms with Crippen LogP contribution in [-0.2, 0) is 22.9 Å². The van der Waals surface area contributed by atoms with Gasteiger partial charge in [-0.15, -0.1) is 0 Å². The number of allylic oxidation sites excluding steroid dienone is 2. The molecule has 0 amide bonds. The van der Waals surface area contributed by atoms with Crippen LogP contribution in [0.4, 0.5) is 0 Å². The molecule has 1 fully saturated rings. The van der Waals surface area contributed by atoms with Crippen molar-refractivity contribution in [3.63, 3.8) is 0 Å². The number of rotatable bonds is 2. The molecule has 0 saturated carbocycles. The summed E-state index contributed by atoms with van der Waals surface area (Å²) in [5, 5.41) is 6.61. The van der Waals surface area contributed by atoms with E-state index in [1.165, 1.54) is 11.1 Å². The topological polar surface area (TPSA) is 0 Å². The summed E-state index contributed by atoms with van der Waals surface area (Å²) in [5.41, 5.74) is 6.16. The summed E-state index contributed by atoms with van der Waals surface area (Å²) in [6, 6.07) is 41.5. The maximum Gasteiger partial charge on any atom is -1.00 e. The van der Waals surface area contributed by atoms with Gasteiger partial charge in [-0.3, -0.25) is 0 Å². The van der Waals surface area contributed by atoms with E-state index in [2.05, 4.69) is 121 Å². The van der Waals surface area contributed by atoms with Crippen molar-refractivity contribution in [2.45, 2.75) is 7.35 Å². The SMILES string of the molecule is C1=C2[CH]([Hf+2][CH]3C(=Cc4ccccc43)[Si]2(c2ccccc2)c2ccccc2)c2ccccc21.[Cl-].[Cl-]. The number of hydrogen-bond donors (Lipinski definition) is 0. The fourth-order valence-corrected chi connectivity index (χ4v) is 23.8. The predicted molar refractivity (Wildman–Crippen MR) is 132 cm³/mol. The summed E-state index contributed by atoms with van der Waals surface area (Å²) in [5.74, 6) is 0. The molecule has 4 aromatic rings. The normalized spacial score (nSPS) is 19.9. The van der Waals surface area contributed by atoms with Gasteiger partial charge in [-0.1, -0.05) is 0 Å². The molecule has 4 heteroatoms. The minimum absolute atomic E-state index is 0. The van der Waals surface area contributed by atoms with Crippen LogP contribution < -0.4 is 35.2 Å².